The summed E-state index contributed by atoms with van der Waals surface area (Å²) in [6, 6.07) is 6.11. The first-order chi connectivity index (χ1) is 12.5. The standard InChI is InChI=1S/C17H17F3N4O3/c1-9-7-14(24-16(21-9)23-11(3)25)15(26)22-10(2)12-5-4-6-13(8-12)27-17(18,19)20/h4-8,10H,1-3H3,(H,22,26)(H,21,23,24,25). The van der Waals surface area contributed by atoms with Crippen molar-refractivity contribution in [2.45, 2.75) is 33.2 Å². The summed E-state index contributed by atoms with van der Waals surface area (Å²) in [7, 11) is 0. The third kappa shape index (κ3) is 6.24. The van der Waals surface area contributed by atoms with Gasteiger partial charge >= 0.3 is 6.36 Å². The van der Waals surface area contributed by atoms with E-state index in [1.807, 2.05) is 0 Å². The largest absolute Gasteiger partial charge is 0.573 e. The molecule has 1 unspecified atom stereocenters. The molecule has 2 rings (SSSR count). The number of aromatic nitrogens is 2. The van der Waals surface area contributed by atoms with Crippen molar-refractivity contribution in [1.29, 1.82) is 0 Å². The van der Waals surface area contributed by atoms with Gasteiger partial charge in [0.2, 0.25) is 11.9 Å². The van der Waals surface area contributed by atoms with Crippen LogP contribution >= 0.6 is 0 Å². The van der Waals surface area contributed by atoms with Crippen LogP contribution in [0.2, 0.25) is 0 Å². The van der Waals surface area contributed by atoms with E-state index in [4.69, 9.17) is 0 Å². The number of carbonyl (C=O) groups excluding carboxylic acids is 2. The number of anilines is 1. The second kappa shape index (κ2) is 8.02. The molecule has 2 N–H and O–H groups in total. The summed E-state index contributed by atoms with van der Waals surface area (Å²) in [5.41, 5.74) is 0.894. The van der Waals surface area contributed by atoms with Gasteiger partial charge in [-0.15, -0.1) is 13.2 Å². The number of hydrogen-bond acceptors (Lipinski definition) is 5. The predicted molar refractivity (Wildman–Crippen MR) is 90.1 cm³/mol. The van der Waals surface area contributed by atoms with Crippen molar-refractivity contribution in [1.82, 2.24) is 15.3 Å². The van der Waals surface area contributed by atoms with E-state index >= 15 is 0 Å². The number of carbonyl (C=O) groups is 2. The minimum atomic E-state index is -4.80. The lowest BCUT2D eigenvalue weighted by molar-refractivity contribution is -0.274. The number of benzene rings is 1. The van der Waals surface area contributed by atoms with E-state index in [0.717, 1.165) is 0 Å². The molecule has 0 aliphatic heterocycles. The highest BCUT2D eigenvalue weighted by Gasteiger charge is 2.31. The van der Waals surface area contributed by atoms with E-state index in [1.165, 1.54) is 31.2 Å². The van der Waals surface area contributed by atoms with Gasteiger partial charge in [0.05, 0.1) is 6.04 Å². The van der Waals surface area contributed by atoms with Crippen molar-refractivity contribution in [3.8, 4) is 5.75 Å². The first kappa shape index (κ1) is 20.1. The number of hydrogen-bond donors (Lipinski definition) is 2. The van der Waals surface area contributed by atoms with Crippen LogP contribution in [0.25, 0.3) is 0 Å². The molecule has 0 fully saturated rings. The Bertz CT molecular complexity index is 856. The second-order valence-corrected chi connectivity index (χ2v) is 5.71. The minimum absolute atomic E-state index is 0.0131. The molecule has 2 amide bonds. The fourth-order valence-electron chi connectivity index (χ4n) is 2.23. The molecule has 0 spiro atoms. The summed E-state index contributed by atoms with van der Waals surface area (Å²) in [6.45, 7) is 4.52. The normalized spacial score (nSPS) is 12.2. The average molecular weight is 382 g/mol. The zero-order chi connectivity index (χ0) is 20.2. The van der Waals surface area contributed by atoms with Crippen molar-refractivity contribution >= 4 is 17.8 Å². The summed E-state index contributed by atoms with van der Waals surface area (Å²) in [4.78, 5) is 31.5. The predicted octanol–water partition coefficient (Wildman–Crippen LogP) is 3.13. The van der Waals surface area contributed by atoms with E-state index in [1.54, 1.807) is 19.9 Å². The number of nitrogens with one attached hydrogen (secondary N) is 2. The van der Waals surface area contributed by atoms with Crippen LogP contribution in [0.1, 0.15) is 41.6 Å². The maximum atomic E-state index is 12.4. The van der Waals surface area contributed by atoms with Crippen LogP contribution in [0.15, 0.2) is 30.3 Å². The zero-order valence-corrected chi connectivity index (χ0v) is 14.7. The van der Waals surface area contributed by atoms with Crippen LogP contribution < -0.4 is 15.4 Å². The summed E-state index contributed by atoms with van der Waals surface area (Å²) in [6.07, 6.45) is -4.80. The summed E-state index contributed by atoms with van der Waals surface area (Å²) in [5.74, 6) is -1.35. The number of ether oxygens (including phenoxy) is 1. The van der Waals surface area contributed by atoms with E-state index in [0.29, 0.717) is 11.3 Å². The highest BCUT2D eigenvalue weighted by atomic mass is 19.4. The molecule has 1 heterocycles. The molecule has 144 valence electrons. The molecule has 27 heavy (non-hydrogen) atoms. The Kier molecular flexibility index (Phi) is 5.98. The Hall–Kier alpha value is -3.17. The van der Waals surface area contributed by atoms with Gasteiger partial charge in [0.25, 0.3) is 5.91 Å². The fraction of sp³-hybridized carbons (Fsp3) is 0.294. The van der Waals surface area contributed by atoms with Crippen LogP contribution in [0, 0.1) is 6.92 Å². The smallest absolute Gasteiger partial charge is 0.406 e. The summed E-state index contributed by atoms with van der Waals surface area (Å²) in [5, 5.41) is 5.02. The van der Waals surface area contributed by atoms with Crippen molar-refractivity contribution in [2.75, 3.05) is 5.32 Å². The molecule has 1 aromatic heterocycles. The number of halogens is 3. The Morgan fingerprint density at radius 1 is 1.19 bits per heavy atom. The van der Waals surface area contributed by atoms with Crippen LogP contribution in [-0.4, -0.2) is 28.1 Å². The van der Waals surface area contributed by atoms with Gasteiger partial charge < -0.3 is 10.1 Å². The number of alkyl halides is 3. The van der Waals surface area contributed by atoms with E-state index in [9.17, 15) is 22.8 Å². The quantitative estimate of drug-likeness (QED) is 0.829. The van der Waals surface area contributed by atoms with E-state index in [-0.39, 0.29) is 23.3 Å². The molecular formula is C17H17F3N4O3. The van der Waals surface area contributed by atoms with Crippen molar-refractivity contribution < 1.29 is 27.5 Å². The van der Waals surface area contributed by atoms with Crippen molar-refractivity contribution in [2.24, 2.45) is 0 Å². The molecule has 0 aliphatic carbocycles. The highest BCUT2D eigenvalue weighted by Crippen LogP contribution is 2.25. The van der Waals surface area contributed by atoms with Crippen LogP contribution in [0.5, 0.6) is 5.75 Å². The van der Waals surface area contributed by atoms with Gasteiger partial charge in [0.15, 0.2) is 0 Å². The summed E-state index contributed by atoms with van der Waals surface area (Å²) < 4.78 is 40.9. The molecule has 0 saturated heterocycles. The third-order valence-electron chi connectivity index (χ3n) is 3.31. The van der Waals surface area contributed by atoms with Crippen molar-refractivity contribution in [3.63, 3.8) is 0 Å². The molecule has 2 aromatic rings. The molecule has 10 heteroatoms. The third-order valence-corrected chi connectivity index (χ3v) is 3.31. The minimum Gasteiger partial charge on any atom is -0.406 e. The fourth-order valence-corrected chi connectivity index (χ4v) is 2.23. The maximum Gasteiger partial charge on any atom is 0.573 e. The first-order valence-electron chi connectivity index (χ1n) is 7.83. The molecule has 1 atom stereocenters. The van der Waals surface area contributed by atoms with Gasteiger partial charge in [-0.2, -0.15) is 0 Å². The number of rotatable bonds is 5. The second-order valence-electron chi connectivity index (χ2n) is 5.71. The Labute approximate surface area is 153 Å². The van der Waals surface area contributed by atoms with Crippen LogP contribution in [0.4, 0.5) is 19.1 Å². The van der Waals surface area contributed by atoms with Gasteiger partial charge in [-0.3, -0.25) is 14.9 Å². The van der Waals surface area contributed by atoms with Crippen molar-refractivity contribution in [3.05, 3.63) is 47.3 Å². The molecule has 0 bridgehead atoms. The lowest BCUT2D eigenvalue weighted by Gasteiger charge is -2.16. The lowest BCUT2D eigenvalue weighted by atomic mass is 10.1. The molecular weight excluding hydrogens is 365 g/mol. The number of nitrogens with zero attached hydrogens (tertiary/aromatic N) is 2. The molecule has 0 saturated carbocycles. The number of amides is 2. The van der Waals surface area contributed by atoms with Gasteiger partial charge in [-0.1, -0.05) is 12.1 Å². The zero-order valence-electron chi connectivity index (χ0n) is 14.7. The highest BCUT2D eigenvalue weighted by molar-refractivity contribution is 5.93. The summed E-state index contributed by atoms with van der Waals surface area (Å²) >= 11 is 0. The molecule has 0 radical (unpaired) electrons. The van der Waals surface area contributed by atoms with Crippen LogP contribution in [0.3, 0.4) is 0 Å². The van der Waals surface area contributed by atoms with Gasteiger partial charge in [-0.05, 0) is 37.6 Å². The number of aryl methyl sites for hydroxylation is 1. The molecule has 7 nitrogen and oxygen atoms in total. The Balaban J connectivity index is 2.15. The first-order valence-corrected chi connectivity index (χ1v) is 7.83. The van der Waals surface area contributed by atoms with Crippen LogP contribution in [-0.2, 0) is 4.79 Å². The van der Waals surface area contributed by atoms with E-state index in [2.05, 4.69) is 25.3 Å². The topological polar surface area (TPSA) is 93.2 Å². The lowest BCUT2D eigenvalue weighted by Crippen LogP contribution is -2.28. The van der Waals surface area contributed by atoms with Gasteiger partial charge in [-0.25, -0.2) is 9.97 Å². The Morgan fingerprint density at radius 2 is 1.89 bits per heavy atom. The maximum absolute atomic E-state index is 12.4. The average Bonchev–Trinajstić information content (AvgIpc) is 2.52. The van der Waals surface area contributed by atoms with Gasteiger partial charge in [0.1, 0.15) is 11.4 Å². The van der Waals surface area contributed by atoms with E-state index < -0.39 is 18.3 Å². The Morgan fingerprint density at radius 3 is 2.52 bits per heavy atom. The van der Waals surface area contributed by atoms with Gasteiger partial charge in [0, 0.05) is 12.6 Å². The molecule has 1 aromatic carbocycles. The monoisotopic (exact) mass is 382 g/mol. The molecule has 0 aliphatic rings. The SMILES string of the molecule is CC(=O)Nc1nc(C)cc(C(=O)NC(C)c2cccc(OC(F)(F)F)c2)n1.